The van der Waals surface area contributed by atoms with Gasteiger partial charge in [-0.2, -0.15) is 0 Å². The van der Waals surface area contributed by atoms with E-state index in [-0.39, 0.29) is 0 Å². The van der Waals surface area contributed by atoms with E-state index in [0.717, 1.165) is 19.8 Å². The van der Waals surface area contributed by atoms with Crippen molar-refractivity contribution in [2.75, 3.05) is 19.8 Å². The van der Waals surface area contributed by atoms with E-state index < -0.39 is 0 Å². The SMILES string of the molecule is CCC1(CCCCCCCCCCCCOCc2ccc(-c3ccc(C)c4ccccc34)cc2)COC1. The number of fused-ring (bicyclic) bond motifs is 1. The second-order valence-corrected chi connectivity index (χ2v) is 11.4. The molecule has 3 aromatic rings. The zero-order valence-corrected chi connectivity index (χ0v) is 23.4. The molecular weight excluding hydrogens is 452 g/mol. The lowest BCUT2D eigenvalue weighted by Gasteiger charge is -2.41. The monoisotopic (exact) mass is 500 g/mol. The van der Waals surface area contributed by atoms with E-state index in [4.69, 9.17) is 9.47 Å². The van der Waals surface area contributed by atoms with Crippen LogP contribution in [0.4, 0.5) is 0 Å². The Bertz CT molecular complexity index is 1060. The average Bonchev–Trinajstić information content (AvgIpc) is 2.91. The molecule has 1 saturated heterocycles. The van der Waals surface area contributed by atoms with Crippen LogP contribution >= 0.6 is 0 Å². The standard InChI is InChI=1S/C35H48O2/c1-3-35(27-37-28-35)24-14-10-8-6-4-5-7-9-11-15-25-36-26-30-19-21-31(22-20-30)33-23-18-29(2)32-16-12-13-17-34(32)33/h12-13,16-23H,3-11,14-15,24-28H2,1-2H3. The predicted molar refractivity (Wildman–Crippen MR) is 158 cm³/mol. The molecular formula is C35H48O2. The quantitative estimate of drug-likeness (QED) is 0.172. The summed E-state index contributed by atoms with van der Waals surface area (Å²) >= 11 is 0. The Kier molecular flexibility index (Phi) is 11.1. The second kappa shape index (κ2) is 14.7. The number of hydrogen-bond donors (Lipinski definition) is 0. The maximum absolute atomic E-state index is 5.97. The van der Waals surface area contributed by atoms with Gasteiger partial charge in [0.1, 0.15) is 0 Å². The summed E-state index contributed by atoms with van der Waals surface area (Å²) in [6.45, 7) is 8.10. The van der Waals surface area contributed by atoms with E-state index in [1.165, 1.54) is 110 Å². The molecule has 1 fully saturated rings. The summed E-state index contributed by atoms with van der Waals surface area (Å²) in [5.74, 6) is 0. The molecule has 2 heteroatoms. The molecule has 37 heavy (non-hydrogen) atoms. The van der Waals surface area contributed by atoms with Crippen molar-refractivity contribution in [2.45, 2.75) is 97.5 Å². The highest BCUT2D eigenvalue weighted by Gasteiger charge is 2.35. The Hall–Kier alpha value is -2.16. The predicted octanol–water partition coefficient (Wildman–Crippen LogP) is 10.0. The van der Waals surface area contributed by atoms with Crippen molar-refractivity contribution in [3.8, 4) is 11.1 Å². The summed E-state index contributed by atoms with van der Waals surface area (Å²) in [5.41, 5.74) is 5.71. The van der Waals surface area contributed by atoms with Crippen molar-refractivity contribution in [1.82, 2.24) is 0 Å². The van der Waals surface area contributed by atoms with Crippen LogP contribution in [0.25, 0.3) is 21.9 Å². The third-order valence-electron chi connectivity index (χ3n) is 8.49. The normalized spacial score (nSPS) is 14.6. The maximum Gasteiger partial charge on any atom is 0.0716 e. The summed E-state index contributed by atoms with van der Waals surface area (Å²) in [6.07, 6.45) is 16.3. The van der Waals surface area contributed by atoms with Gasteiger partial charge in [-0.15, -0.1) is 0 Å². The van der Waals surface area contributed by atoms with Crippen molar-refractivity contribution >= 4 is 10.8 Å². The smallest absolute Gasteiger partial charge is 0.0716 e. The van der Waals surface area contributed by atoms with Gasteiger partial charge in [-0.1, -0.05) is 125 Å². The van der Waals surface area contributed by atoms with Crippen LogP contribution in [0, 0.1) is 12.3 Å². The summed E-state index contributed by atoms with van der Waals surface area (Å²) in [7, 11) is 0. The van der Waals surface area contributed by atoms with Gasteiger partial charge in [-0.05, 0) is 59.2 Å². The summed E-state index contributed by atoms with van der Waals surface area (Å²) in [5, 5.41) is 2.66. The third-order valence-corrected chi connectivity index (χ3v) is 8.49. The molecule has 0 radical (unpaired) electrons. The molecule has 1 aliphatic heterocycles. The molecule has 3 aromatic carbocycles. The fourth-order valence-corrected chi connectivity index (χ4v) is 5.71. The van der Waals surface area contributed by atoms with Crippen molar-refractivity contribution in [3.05, 3.63) is 71.8 Å². The van der Waals surface area contributed by atoms with Gasteiger partial charge in [0, 0.05) is 12.0 Å². The van der Waals surface area contributed by atoms with Gasteiger partial charge >= 0.3 is 0 Å². The highest BCUT2D eigenvalue weighted by molar-refractivity contribution is 5.98. The van der Waals surface area contributed by atoms with Crippen LogP contribution in [0.15, 0.2) is 60.7 Å². The van der Waals surface area contributed by atoms with Crippen molar-refractivity contribution in [3.63, 3.8) is 0 Å². The molecule has 0 spiro atoms. The fourth-order valence-electron chi connectivity index (χ4n) is 5.71. The van der Waals surface area contributed by atoms with Gasteiger partial charge in [0.05, 0.1) is 19.8 Å². The highest BCUT2D eigenvalue weighted by Crippen LogP contribution is 2.36. The molecule has 0 atom stereocenters. The van der Waals surface area contributed by atoms with Gasteiger partial charge in [0.25, 0.3) is 0 Å². The van der Waals surface area contributed by atoms with Crippen LogP contribution < -0.4 is 0 Å². The van der Waals surface area contributed by atoms with E-state index in [2.05, 4.69) is 74.5 Å². The van der Waals surface area contributed by atoms with Crippen LogP contribution in [0.3, 0.4) is 0 Å². The largest absolute Gasteiger partial charge is 0.380 e. The molecule has 4 rings (SSSR count). The van der Waals surface area contributed by atoms with Crippen LogP contribution in [0.2, 0.25) is 0 Å². The Morgan fingerprint density at radius 2 is 1.32 bits per heavy atom. The second-order valence-electron chi connectivity index (χ2n) is 11.4. The highest BCUT2D eigenvalue weighted by atomic mass is 16.5. The van der Waals surface area contributed by atoms with Crippen LogP contribution in [0.1, 0.15) is 95.1 Å². The molecule has 200 valence electrons. The van der Waals surface area contributed by atoms with Gasteiger partial charge in [0.15, 0.2) is 0 Å². The summed E-state index contributed by atoms with van der Waals surface area (Å²) < 4.78 is 11.4. The lowest BCUT2D eigenvalue weighted by molar-refractivity contribution is -0.120. The van der Waals surface area contributed by atoms with Crippen molar-refractivity contribution < 1.29 is 9.47 Å². The number of rotatable bonds is 17. The Labute approximate surface area is 225 Å². The van der Waals surface area contributed by atoms with Gasteiger partial charge in [0.2, 0.25) is 0 Å². The van der Waals surface area contributed by atoms with E-state index in [1.807, 2.05) is 0 Å². The minimum Gasteiger partial charge on any atom is -0.380 e. The zero-order chi connectivity index (χ0) is 25.8. The van der Waals surface area contributed by atoms with Gasteiger partial charge in [-0.3, -0.25) is 0 Å². The Morgan fingerprint density at radius 3 is 1.95 bits per heavy atom. The molecule has 0 saturated carbocycles. The van der Waals surface area contributed by atoms with E-state index in [0.29, 0.717) is 12.0 Å². The first kappa shape index (κ1) is 27.9. The maximum atomic E-state index is 5.97. The molecule has 0 bridgehead atoms. The first-order valence-electron chi connectivity index (χ1n) is 14.9. The molecule has 1 aliphatic rings. The minimum absolute atomic E-state index is 0.547. The van der Waals surface area contributed by atoms with Crippen LogP contribution in [-0.4, -0.2) is 19.8 Å². The fraction of sp³-hybridized carbons (Fsp3) is 0.543. The number of ether oxygens (including phenoxy) is 2. The first-order valence-corrected chi connectivity index (χ1v) is 14.9. The number of aryl methyl sites for hydroxylation is 1. The van der Waals surface area contributed by atoms with Gasteiger partial charge < -0.3 is 9.47 Å². The van der Waals surface area contributed by atoms with Crippen LogP contribution in [-0.2, 0) is 16.1 Å². The van der Waals surface area contributed by atoms with Crippen molar-refractivity contribution in [1.29, 1.82) is 0 Å². The van der Waals surface area contributed by atoms with Crippen LogP contribution in [0.5, 0.6) is 0 Å². The Morgan fingerprint density at radius 1 is 0.703 bits per heavy atom. The molecule has 0 unspecified atom stereocenters. The lowest BCUT2D eigenvalue weighted by atomic mass is 9.78. The van der Waals surface area contributed by atoms with E-state index in [9.17, 15) is 0 Å². The van der Waals surface area contributed by atoms with Crippen molar-refractivity contribution in [2.24, 2.45) is 5.41 Å². The topological polar surface area (TPSA) is 18.5 Å². The van der Waals surface area contributed by atoms with E-state index >= 15 is 0 Å². The first-order chi connectivity index (χ1) is 18.2. The lowest BCUT2D eigenvalue weighted by Crippen LogP contribution is -2.41. The van der Waals surface area contributed by atoms with E-state index in [1.54, 1.807) is 0 Å². The Balaban J connectivity index is 1.01. The summed E-state index contributed by atoms with van der Waals surface area (Å²) in [6, 6.07) is 22.1. The minimum atomic E-state index is 0.547. The number of hydrogen-bond acceptors (Lipinski definition) is 2. The van der Waals surface area contributed by atoms with Gasteiger partial charge in [-0.25, -0.2) is 0 Å². The molecule has 1 heterocycles. The number of benzene rings is 3. The average molecular weight is 501 g/mol. The molecule has 0 aliphatic carbocycles. The molecule has 0 aromatic heterocycles. The molecule has 0 N–H and O–H groups in total. The summed E-state index contributed by atoms with van der Waals surface area (Å²) in [4.78, 5) is 0. The number of unbranched alkanes of at least 4 members (excludes halogenated alkanes) is 9. The zero-order valence-electron chi connectivity index (χ0n) is 23.4. The third kappa shape index (κ3) is 8.16. The molecule has 2 nitrogen and oxygen atoms in total. The molecule has 0 amide bonds.